The van der Waals surface area contributed by atoms with E-state index in [2.05, 4.69) is 10.3 Å². The molecule has 5 rings (SSSR count). The van der Waals surface area contributed by atoms with Crippen molar-refractivity contribution in [3.63, 3.8) is 0 Å². The molecule has 0 aliphatic heterocycles. The van der Waals surface area contributed by atoms with Gasteiger partial charge in [-0.3, -0.25) is 9.78 Å². The van der Waals surface area contributed by atoms with Crippen LogP contribution < -0.4 is 5.32 Å². The van der Waals surface area contributed by atoms with E-state index in [9.17, 15) is 9.18 Å². The van der Waals surface area contributed by atoms with E-state index >= 15 is 0 Å². The van der Waals surface area contributed by atoms with E-state index in [1.54, 1.807) is 23.1 Å². The first-order valence-electron chi connectivity index (χ1n) is 9.68. The maximum Gasteiger partial charge on any atom is 0.255 e. The third-order valence-corrected chi connectivity index (χ3v) is 4.99. The smallest absolute Gasteiger partial charge is 0.255 e. The molecule has 31 heavy (non-hydrogen) atoms. The van der Waals surface area contributed by atoms with Gasteiger partial charge in [-0.15, -0.1) is 0 Å². The highest BCUT2D eigenvalue weighted by molar-refractivity contribution is 6.05. The van der Waals surface area contributed by atoms with Crippen molar-refractivity contribution in [2.45, 2.75) is 6.54 Å². The van der Waals surface area contributed by atoms with E-state index in [1.165, 1.54) is 18.4 Å². The van der Waals surface area contributed by atoms with Crippen LogP contribution >= 0.6 is 0 Å². The van der Waals surface area contributed by atoms with Crippen molar-refractivity contribution in [2.24, 2.45) is 0 Å². The van der Waals surface area contributed by atoms with E-state index in [0.29, 0.717) is 16.5 Å². The van der Waals surface area contributed by atoms with Crippen LogP contribution in [0.5, 0.6) is 0 Å². The fraction of sp³-hybridized carbons (Fsp3) is 0.0417. The normalized spacial score (nSPS) is 11.0. The third-order valence-electron chi connectivity index (χ3n) is 4.99. The van der Waals surface area contributed by atoms with E-state index in [0.717, 1.165) is 22.5 Å². The molecule has 0 spiro atoms. The number of carbonyl (C=O) groups excluding carboxylic acids is 1. The minimum absolute atomic E-state index is 0.261. The molecule has 2 aromatic carbocycles. The van der Waals surface area contributed by atoms with E-state index < -0.39 is 5.82 Å². The van der Waals surface area contributed by atoms with Gasteiger partial charge in [0.05, 0.1) is 16.9 Å². The molecule has 3 aromatic heterocycles. The average Bonchev–Trinajstić information content (AvgIpc) is 3.43. The first-order valence-corrected chi connectivity index (χ1v) is 9.68. The molecule has 5 aromatic rings. The highest BCUT2D eigenvalue weighted by Gasteiger charge is 2.17. The number of halogens is 1. The van der Waals surface area contributed by atoms with Gasteiger partial charge in [-0.25, -0.2) is 9.07 Å². The molecule has 0 aliphatic rings. The van der Waals surface area contributed by atoms with Gasteiger partial charge in [-0.1, -0.05) is 18.2 Å². The number of fused-ring (bicyclic) bond motifs is 1. The summed E-state index contributed by atoms with van der Waals surface area (Å²) in [4.78, 5) is 16.9. The summed E-state index contributed by atoms with van der Waals surface area (Å²) >= 11 is 0. The highest BCUT2D eigenvalue weighted by atomic mass is 19.1. The van der Waals surface area contributed by atoms with Gasteiger partial charge in [0.25, 0.3) is 5.91 Å². The fourth-order valence-corrected chi connectivity index (χ4v) is 3.45. The number of pyridine rings is 1. The Balaban J connectivity index is 1.45. The Morgan fingerprint density at radius 1 is 1.06 bits per heavy atom. The number of rotatable bonds is 5. The molecule has 7 heteroatoms. The molecule has 0 saturated carbocycles. The minimum atomic E-state index is -0.413. The number of nitrogens with one attached hydrogen (secondary N) is 1. The number of hydrogen-bond donors (Lipinski definition) is 1. The van der Waals surface area contributed by atoms with E-state index in [4.69, 9.17) is 9.52 Å². The second-order valence-electron chi connectivity index (χ2n) is 6.99. The lowest BCUT2D eigenvalue weighted by Crippen LogP contribution is -2.22. The molecule has 6 nitrogen and oxygen atoms in total. The Kier molecular flexibility index (Phi) is 4.76. The molecule has 3 heterocycles. The van der Waals surface area contributed by atoms with Crippen LogP contribution in [0.1, 0.15) is 15.9 Å². The maximum atomic E-state index is 13.4. The Bertz CT molecular complexity index is 1360. The second-order valence-corrected chi connectivity index (χ2v) is 6.99. The van der Waals surface area contributed by atoms with Crippen LogP contribution in [0.3, 0.4) is 0 Å². The van der Waals surface area contributed by atoms with Gasteiger partial charge in [-0.2, -0.15) is 5.10 Å². The zero-order valence-corrected chi connectivity index (χ0v) is 16.3. The molecule has 1 N–H and O–H groups in total. The van der Waals surface area contributed by atoms with Crippen LogP contribution in [0.15, 0.2) is 89.9 Å². The summed E-state index contributed by atoms with van der Waals surface area (Å²) in [7, 11) is 0. The van der Waals surface area contributed by atoms with Crippen LogP contribution in [0.25, 0.3) is 27.9 Å². The van der Waals surface area contributed by atoms with Crippen molar-refractivity contribution in [3.8, 4) is 16.9 Å². The molecule has 0 bridgehead atoms. The lowest BCUT2D eigenvalue weighted by molar-refractivity contribution is 0.0951. The summed E-state index contributed by atoms with van der Waals surface area (Å²) in [6, 6.07) is 17.6. The summed E-state index contributed by atoms with van der Waals surface area (Å²) in [6.45, 7) is 0.261. The number of nitrogens with zero attached hydrogens (tertiary/aromatic N) is 3. The molecular formula is C24H17FN4O2. The van der Waals surface area contributed by atoms with E-state index in [1.807, 2.05) is 48.7 Å². The first-order chi connectivity index (χ1) is 15.2. The zero-order valence-electron chi connectivity index (χ0n) is 16.3. The molecule has 0 radical (unpaired) electrons. The van der Waals surface area contributed by atoms with Crippen molar-refractivity contribution < 1.29 is 13.6 Å². The lowest BCUT2D eigenvalue weighted by atomic mass is 10.1. The SMILES string of the molecule is O=C(NCc1cn(-c2ccccc2)nc1-c1ccncc1)c1coc2cc(F)ccc12. The molecular weight excluding hydrogens is 395 g/mol. The second kappa shape index (κ2) is 7.87. The van der Waals surface area contributed by atoms with Crippen molar-refractivity contribution in [2.75, 3.05) is 0 Å². The fourth-order valence-electron chi connectivity index (χ4n) is 3.45. The number of hydrogen-bond acceptors (Lipinski definition) is 4. The first kappa shape index (κ1) is 18.7. The van der Waals surface area contributed by atoms with Crippen molar-refractivity contribution in [3.05, 3.63) is 102 Å². The van der Waals surface area contributed by atoms with Gasteiger partial charge in [0.15, 0.2) is 0 Å². The number of amides is 1. The number of aromatic nitrogens is 3. The van der Waals surface area contributed by atoms with Crippen molar-refractivity contribution in [1.82, 2.24) is 20.1 Å². The number of benzene rings is 2. The van der Waals surface area contributed by atoms with Gasteiger partial charge in [0.2, 0.25) is 0 Å². The summed E-state index contributed by atoms with van der Waals surface area (Å²) in [5.74, 6) is -0.720. The Morgan fingerprint density at radius 3 is 2.68 bits per heavy atom. The van der Waals surface area contributed by atoms with Gasteiger partial charge in [0, 0.05) is 47.7 Å². The minimum Gasteiger partial charge on any atom is -0.463 e. The summed E-state index contributed by atoms with van der Waals surface area (Å²) in [6.07, 6.45) is 6.65. The lowest BCUT2D eigenvalue weighted by Gasteiger charge is -2.05. The summed E-state index contributed by atoms with van der Waals surface area (Å²) in [5, 5.41) is 8.21. The quantitative estimate of drug-likeness (QED) is 0.452. The molecule has 152 valence electrons. The standard InChI is InChI=1S/C24H17FN4O2/c25-18-6-7-20-21(15-31-22(20)12-18)24(30)27-13-17-14-29(19-4-2-1-3-5-19)28-23(17)16-8-10-26-11-9-16/h1-12,14-15H,13H2,(H,27,30). The molecule has 0 fully saturated rings. The van der Waals surface area contributed by atoms with Gasteiger partial charge >= 0.3 is 0 Å². The molecule has 0 unspecified atom stereocenters. The highest BCUT2D eigenvalue weighted by Crippen LogP contribution is 2.25. The maximum absolute atomic E-state index is 13.4. The zero-order chi connectivity index (χ0) is 21.2. The van der Waals surface area contributed by atoms with Crippen LogP contribution in [0.2, 0.25) is 0 Å². The number of furan rings is 1. The van der Waals surface area contributed by atoms with Crippen LogP contribution in [-0.4, -0.2) is 20.7 Å². The third kappa shape index (κ3) is 3.69. The van der Waals surface area contributed by atoms with Gasteiger partial charge < -0.3 is 9.73 Å². The summed E-state index contributed by atoms with van der Waals surface area (Å²) in [5.41, 5.74) is 4.11. The largest absolute Gasteiger partial charge is 0.463 e. The predicted molar refractivity (Wildman–Crippen MR) is 114 cm³/mol. The molecule has 0 saturated heterocycles. The Labute approximate surface area is 177 Å². The summed E-state index contributed by atoms with van der Waals surface area (Å²) < 4.78 is 20.5. The van der Waals surface area contributed by atoms with Crippen molar-refractivity contribution >= 4 is 16.9 Å². The Morgan fingerprint density at radius 2 is 1.87 bits per heavy atom. The molecule has 0 atom stereocenters. The average molecular weight is 412 g/mol. The number of para-hydroxylation sites is 1. The molecule has 1 amide bonds. The van der Waals surface area contributed by atoms with Crippen LogP contribution in [0, 0.1) is 5.82 Å². The predicted octanol–water partition coefficient (Wildman–Crippen LogP) is 4.75. The molecule has 0 aliphatic carbocycles. The van der Waals surface area contributed by atoms with Crippen LogP contribution in [-0.2, 0) is 6.54 Å². The van der Waals surface area contributed by atoms with E-state index in [-0.39, 0.29) is 12.5 Å². The van der Waals surface area contributed by atoms with Crippen molar-refractivity contribution in [1.29, 1.82) is 0 Å². The Hall–Kier alpha value is -4.26. The van der Waals surface area contributed by atoms with Gasteiger partial charge in [-0.05, 0) is 36.4 Å². The topological polar surface area (TPSA) is 73.0 Å². The monoisotopic (exact) mass is 412 g/mol. The van der Waals surface area contributed by atoms with Gasteiger partial charge in [0.1, 0.15) is 17.7 Å². The van der Waals surface area contributed by atoms with Crippen LogP contribution in [0.4, 0.5) is 4.39 Å². The number of carbonyl (C=O) groups is 1.